The van der Waals surface area contributed by atoms with Crippen LogP contribution in [0, 0.1) is 5.92 Å². The van der Waals surface area contributed by atoms with E-state index in [1.165, 1.54) is 55.4 Å². The zero-order chi connectivity index (χ0) is 19.2. The van der Waals surface area contributed by atoms with E-state index in [0.717, 1.165) is 57.1 Å². The average molecular weight is 381 g/mol. The Balaban J connectivity index is 1.41. The molecule has 3 heterocycles. The lowest BCUT2D eigenvalue weighted by Gasteiger charge is -2.31. The standard InChI is InChI=1S/C23H32N4O/c28-17-16-27-14-10-18(11-15-27)6-7-21-22-19(8-12-24-21)9-13-25-23(22)26-20-4-2-1-3-5-20/h9,13,16,18,20H,1-8,10-12,14-15H2,(H,25,26). The number of nitrogens with one attached hydrogen (secondary N) is 1. The minimum absolute atomic E-state index is 0.561. The van der Waals surface area contributed by atoms with Gasteiger partial charge in [0.1, 0.15) is 11.8 Å². The Hall–Kier alpha value is -2.13. The number of hydrogen-bond acceptors (Lipinski definition) is 5. The number of pyridine rings is 1. The summed E-state index contributed by atoms with van der Waals surface area (Å²) in [4.78, 5) is 22.3. The van der Waals surface area contributed by atoms with E-state index >= 15 is 0 Å². The summed E-state index contributed by atoms with van der Waals surface area (Å²) < 4.78 is 0. The quantitative estimate of drug-likeness (QED) is 0.758. The molecule has 0 aromatic carbocycles. The van der Waals surface area contributed by atoms with Crippen molar-refractivity contribution in [3.63, 3.8) is 0 Å². The Morgan fingerprint density at radius 3 is 2.79 bits per heavy atom. The summed E-state index contributed by atoms with van der Waals surface area (Å²) in [5, 5.41) is 3.76. The molecule has 1 saturated heterocycles. The molecule has 0 bridgehead atoms. The first-order valence-corrected chi connectivity index (χ1v) is 11.1. The van der Waals surface area contributed by atoms with Crippen LogP contribution in [0.4, 0.5) is 5.82 Å². The van der Waals surface area contributed by atoms with Gasteiger partial charge >= 0.3 is 0 Å². The van der Waals surface area contributed by atoms with Gasteiger partial charge in [-0.05, 0) is 62.5 Å². The Morgan fingerprint density at radius 1 is 1.18 bits per heavy atom. The second-order valence-corrected chi connectivity index (χ2v) is 8.52. The molecule has 5 nitrogen and oxygen atoms in total. The summed E-state index contributed by atoms with van der Waals surface area (Å²) in [5.41, 5.74) is 3.95. The molecule has 0 atom stereocenters. The fraction of sp³-hybridized carbons (Fsp3) is 0.652. The van der Waals surface area contributed by atoms with Crippen LogP contribution >= 0.6 is 0 Å². The van der Waals surface area contributed by atoms with Gasteiger partial charge in [-0.1, -0.05) is 19.3 Å². The Morgan fingerprint density at radius 2 is 2.00 bits per heavy atom. The molecule has 150 valence electrons. The van der Waals surface area contributed by atoms with Crippen molar-refractivity contribution in [1.29, 1.82) is 0 Å². The third-order valence-electron chi connectivity index (χ3n) is 6.63. The van der Waals surface area contributed by atoms with Crippen LogP contribution < -0.4 is 5.32 Å². The number of piperidine rings is 1. The number of aliphatic imine (C=N–C) groups is 1. The van der Waals surface area contributed by atoms with E-state index in [-0.39, 0.29) is 0 Å². The van der Waals surface area contributed by atoms with Gasteiger partial charge in [-0.3, -0.25) is 4.99 Å². The molecule has 3 aliphatic rings. The first-order chi connectivity index (χ1) is 13.8. The van der Waals surface area contributed by atoms with Crippen LogP contribution in [0.2, 0.25) is 0 Å². The van der Waals surface area contributed by atoms with Crippen molar-refractivity contribution in [2.45, 2.75) is 70.3 Å². The molecule has 2 fully saturated rings. The number of rotatable bonds is 6. The molecule has 0 unspecified atom stereocenters. The number of carbonyl (C=O) groups excluding carboxylic acids is 1. The lowest BCUT2D eigenvalue weighted by atomic mass is 9.88. The number of hydrogen-bond donors (Lipinski definition) is 1. The van der Waals surface area contributed by atoms with Gasteiger partial charge in [0.25, 0.3) is 0 Å². The van der Waals surface area contributed by atoms with Crippen molar-refractivity contribution < 1.29 is 4.79 Å². The van der Waals surface area contributed by atoms with Gasteiger partial charge in [0.05, 0.1) is 6.20 Å². The third-order valence-corrected chi connectivity index (χ3v) is 6.63. The van der Waals surface area contributed by atoms with E-state index in [1.807, 2.05) is 12.1 Å². The SMILES string of the molecule is O=C=CN1CCC(CCC2=NCCc3ccnc(NC4CCCCC4)c32)CC1. The molecule has 1 aromatic heterocycles. The lowest BCUT2D eigenvalue weighted by Crippen LogP contribution is -2.30. The highest BCUT2D eigenvalue weighted by atomic mass is 16.1. The minimum Gasteiger partial charge on any atom is -0.368 e. The van der Waals surface area contributed by atoms with Crippen LogP contribution in [-0.4, -0.2) is 47.2 Å². The van der Waals surface area contributed by atoms with Gasteiger partial charge in [-0.15, -0.1) is 0 Å². The van der Waals surface area contributed by atoms with E-state index in [2.05, 4.69) is 16.3 Å². The van der Waals surface area contributed by atoms with Gasteiger partial charge in [0.15, 0.2) is 0 Å². The van der Waals surface area contributed by atoms with Crippen LogP contribution in [0.3, 0.4) is 0 Å². The van der Waals surface area contributed by atoms with E-state index < -0.39 is 0 Å². The average Bonchev–Trinajstić information content (AvgIpc) is 2.74. The molecule has 5 heteroatoms. The van der Waals surface area contributed by atoms with Gasteiger partial charge in [0.2, 0.25) is 0 Å². The van der Waals surface area contributed by atoms with Crippen molar-refractivity contribution in [1.82, 2.24) is 9.88 Å². The Kier molecular flexibility index (Phi) is 6.43. The molecule has 0 amide bonds. The second kappa shape index (κ2) is 9.38. The summed E-state index contributed by atoms with van der Waals surface area (Å²) in [6, 6.07) is 2.74. The Bertz CT molecular complexity index is 739. The lowest BCUT2D eigenvalue weighted by molar-refractivity contribution is 0.237. The molecule has 2 aliphatic heterocycles. The highest BCUT2D eigenvalue weighted by Crippen LogP contribution is 2.30. The molecule has 4 rings (SSSR count). The normalized spacial score (nSPS) is 20.9. The largest absolute Gasteiger partial charge is 0.368 e. The molecular formula is C23H32N4O. The zero-order valence-corrected chi connectivity index (χ0v) is 16.8. The maximum atomic E-state index is 10.5. The van der Waals surface area contributed by atoms with Crippen molar-refractivity contribution in [3.8, 4) is 0 Å². The van der Waals surface area contributed by atoms with E-state index in [1.54, 1.807) is 6.20 Å². The van der Waals surface area contributed by atoms with Crippen molar-refractivity contribution in [2.75, 3.05) is 25.0 Å². The molecule has 1 aromatic rings. The van der Waals surface area contributed by atoms with Crippen LogP contribution in [0.25, 0.3) is 0 Å². The first-order valence-electron chi connectivity index (χ1n) is 11.1. The third kappa shape index (κ3) is 4.64. The molecule has 0 radical (unpaired) electrons. The number of likely N-dealkylation sites (tertiary alicyclic amines) is 1. The van der Waals surface area contributed by atoms with Gasteiger partial charge in [0, 0.05) is 43.1 Å². The summed E-state index contributed by atoms with van der Waals surface area (Å²) in [7, 11) is 0. The molecule has 1 saturated carbocycles. The number of aromatic nitrogens is 1. The fourth-order valence-corrected chi connectivity index (χ4v) is 4.96. The number of fused-ring (bicyclic) bond motifs is 1. The highest BCUT2D eigenvalue weighted by molar-refractivity contribution is 6.06. The maximum absolute atomic E-state index is 10.5. The predicted octanol–water partition coefficient (Wildman–Crippen LogP) is 4.01. The smallest absolute Gasteiger partial charge is 0.142 e. The van der Waals surface area contributed by atoms with Crippen LogP contribution in [-0.2, 0) is 11.2 Å². The van der Waals surface area contributed by atoms with Gasteiger partial charge in [-0.2, -0.15) is 0 Å². The second-order valence-electron chi connectivity index (χ2n) is 8.52. The summed E-state index contributed by atoms with van der Waals surface area (Å²) in [6.07, 6.45) is 15.6. The van der Waals surface area contributed by atoms with Crippen LogP contribution in [0.1, 0.15) is 68.9 Å². The van der Waals surface area contributed by atoms with Gasteiger partial charge < -0.3 is 10.2 Å². The number of nitrogens with zero attached hydrogens (tertiary/aromatic N) is 3. The summed E-state index contributed by atoms with van der Waals surface area (Å²) in [6.45, 7) is 2.84. The fourth-order valence-electron chi connectivity index (χ4n) is 4.96. The van der Waals surface area contributed by atoms with Crippen molar-refractivity contribution in [2.24, 2.45) is 10.9 Å². The van der Waals surface area contributed by atoms with Gasteiger partial charge in [-0.25, -0.2) is 9.78 Å². The highest BCUT2D eigenvalue weighted by Gasteiger charge is 2.24. The maximum Gasteiger partial charge on any atom is 0.142 e. The molecule has 1 N–H and O–H groups in total. The topological polar surface area (TPSA) is 57.6 Å². The van der Waals surface area contributed by atoms with Crippen molar-refractivity contribution in [3.05, 3.63) is 29.6 Å². The minimum atomic E-state index is 0.561. The van der Waals surface area contributed by atoms with E-state index in [9.17, 15) is 4.79 Å². The summed E-state index contributed by atoms with van der Waals surface area (Å²) in [5.74, 6) is 3.69. The summed E-state index contributed by atoms with van der Waals surface area (Å²) >= 11 is 0. The molecule has 0 spiro atoms. The van der Waals surface area contributed by atoms with E-state index in [0.29, 0.717) is 6.04 Å². The monoisotopic (exact) mass is 380 g/mol. The zero-order valence-electron chi connectivity index (χ0n) is 16.8. The van der Waals surface area contributed by atoms with Crippen LogP contribution in [0.5, 0.6) is 0 Å². The molecule has 28 heavy (non-hydrogen) atoms. The molecule has 1 aliphatic carbocycles. The van der Waals surface area contributed by atoms with E-state index in [4.69, 9.17) is 9.98 Å². The molecular weight excluding hydrogens is 348 g/mol. The van der Waals surface area contributed by atoms with Crippen molar-refractivity contribution >= 4 is 17.5 Å². The number of anilines is 1. The first kappa shape index (κ1) is 19.2. The Labute approximate surface area is 168 Å². The van der Waals surface area contributed by atoms with Crippen LogP contribution in [0.15, 0.2) is 23.5 Å². The predicted molar refractivity (Wildman–Crippen MR) is 114 cm³/mol.